The zero-order chi connectivity index (χ0) is 13.0. The van der Waals surface area contributed by atoms with E-state index in [2.05, 4.69) is 10.3 Å². The summed E-state index contributed by atoms with van der Waals surface area (Å²) in [5, 5.41) is 2.93. The third-order valence-electron chi connectivity index (χ3n) is 2.99. The standard InChI is InChI=1S/C12H16N4O2/c13-12(18)9-4-3-7-16(9)11(17)8-15-10-5-1-2-6-14-10/h1-2,5-6,9H,3-4,7-8H2,(H2,13,18)(H,14,15)/t9-/m0/s1. The number of rotatable bonds is 4. The predicted molar refractivity (Wildman–Crippen MR) is 66.7 cm³/mol. The van der Waals surface area contributed by atoms with Gasteiger partial charge in [-0.1, -0.05) is 6.07 Å². The number of primary amides is 1. The number of nitrogens with one attached hydrogen (secondary N) is 1. The van der Waals surface area contributed by atoms with E-state index >= 15 is 0 Å². The van der Waals surface area contributed by atoms with Crippen molar-refractivity contribution in [2.75, 3.05) is 18.4 Å². The van der Waals surface area contributed by atoms with Gasteiger partial charge in [0, 0.05) is 12.7 Å². The number of carbonyl (C=O) groups is 2. The van der Waals surface area contributed by atoms with E-state index in [1.807, 2.05) is 6.07 Å². The Morgan fingerprint density at radius 3 is 3.00 bits per heavy atom. The smallest absolute Gasteiger partial charge is 0.242 e. The van der Waals surface area contributed by atoms with Crippen molar-refractivity contribution in [3.8, 4) is 0 Å². The van der Waals surface area contributed by atoms with Gasteiger partial charge >= 0.3 is 0 Å². The molecule has 1 aliphatic heterocycles. The maximum absolute atomic E-state index is 12.0. The highest BCUT2D eigenvalue weighted by molar-refractivity contribution is 5.88. The summed E-state index contributed by atoms with van der Waals surface area (Å²) in [6.07, 6.45) is 3.13. The van der Waals surface area contributed by atoms with E-state index in [-0.39, 0.29) is 12.5 Å². The minimum Gasteiger partial charge on any atom is -0.368 e. The second kappa shape index (κ2) is 5.48. The zero-order valence-electron chi connectivity index (χ0n) is 10.0. The molecule has 0 bridgehead atoms. The van der Waals surface area contributed by atoms with Crippen molar-refractivity contribution < 1.29 is 9.59 Å². The van der Waals surface area contributed by atoms with E-state index in [9.17, 15) is 9.59 Å². The van der Waals surface area contributed by atoms with Gasteiger partial charge in [-0.3, -0.25) is 9.59 Å². The summed E-state index contributed by atoms with van der Waals surface area (Å²) in [5.74, 6) is 0.0845. The van der Waals surface area contributed by atoms with Crippen molar-refractivity contribution in [2.24, 2.45) is 5.73 Å². The Hall–Kier alpha value is -2.11. The number of anilines is 1. The third kappa shape index (κ3) is 2.77. The van der Waals surface area contributed by atoms with Crippen molar-refractivity contribution in [1.82, 2.24) is 9.88 Å². The molecule has 1 fully saturated rings. The van der Waals surface area contributed by atoms with Crippen molar-refractivity contribution in [1.29, 1.82) is 0 Å². The van der Waals surface area contributed by atoms with Crippen molar-refractivity contribution in [2.45, 2.75) is 18.9 Å². The second-order valence-corrected chi connectivity index (χ2v) is 4.22. The van der Waals surface area contributed by atoms with Gasteiger partial charge in [-0.25, -0.2) is 4.98 Å². The average Bonchev–Trinajstić information content (AvgIpc) is 2.86. The normalized spacial score (nSPS) is 18.7. The van der Waals surface area contributed by atoms with Crippen LogP contribution in [0, 0.1) is 0 Å². The lowest BCUT2D eigenvalue weighted by atomic mass is 10.2. The van der Waals surface area contributed by atoms with Crippen LogP contribution in [0.1, 0.15) is 12.8 Å². The molecule has 18 heavy (non-hydrogen) atoms. The number of hydrogen-bond acceptors (Lipinski definition) is 4. The highest BCUT2D eigenvalue weighted by Gasteiger charge is 2.32. The van der Waals surface area contributed by atoms with Crippen molar-refractivity contribution in [3.05, 3.63) is 24.4 Å². The molecule has 1 aromatic heterocycles. The molecular formula is C12H16N4O2. The van der Waals surface area contributed by atoms with Gasteiger partial charge in [0.2, 0.25) is 11.8 Å². The van der Waals surface area contributed by atoms with E-state index in [4.69, 9.17) is 5.73 Å². The van der Waals surface area contributed by atoms with Gasteiger partial charge in [0.05, 0.1) is 6.54 Å². The summed E-state index contributed by atoms with van der Waals surface area (Å²) < 4.78 is 0. The number of aromatic nitrogens is 1. The molecule has 1 saturated heterocycles. The fourth-order valence-corrected chi connectivity index (χ4v) is 2.10. The molecule has 2 amide bonds. The van der Waals surface area contributed by atoms with E-state index in [0.29, 0.717) is 18.8 Å². The van der Waals surface area contributed by atoms with Crippen LogP contribution in [0.15, 0.2) is 24.4 Å². The monoisotopic (exact) mass is 248 g/mol. The SMILES string of the molecule is NC(=O)[C@@H]1CCCN1C(=O)CNc1ccccn1. The number of nitrogens with two attached hydrogens (primary N) is 1. The van der Waals surface area contributed by atoms with Crippen LogP contribution in [0.4, 0.5) is 5.82 Å². The largest absolute Gasteiger partial charge is 0.368 e. The fraction of sp³-hybridized carbons (Fsp3) is 0.417. The lowest BCUT2D eigenvalue weighted by molar-refractivity contribution is -0.135. The number of hydrogen-bond donors (Lipinski definition) is 2. The van der Waals surface area contributed by atoms with Gasteiger partial charge < -0.3 is 16.0 Å². The van der Waals surface area contributed by atoms with E-state index < -0.39 is 11.9 Å². The van der Waals surface area contributed by atoms with Crippen LogP contribution in [-0.2, 0) is 9.59 Å². The molecule has 0 saturated carbocycles. The minimum atomic E-state index is -0.456. The fourth-order valence-electron chi connectivity index (χ4n) is 2.10. The quantitative estimate of drug-likeness (QED) is 0.783. The molecule has 2 heterocycles. The van der Waals surface area contributed by atoms with Gasteiger partial charge in [0.1, 0.15) is 11.9 Å². The summed E-state index contributed by atoms with van der Waals surface area (Å²) >= 11 is 0. The minimum absolute atomic E-state index is 0.123. The Bertz CT molecular complexity index is 435. The first kappa shape index (κ1) is 12.3. The van der Waals surface area contributed by atoms with Gasteiger partial charge in [-0.2, -0.15) is 0 Å². The summed E-state index contributed by atoms with van der Waals surface area (Å²) in [5.41, 5.74) is 5.27. The number of amides is 2. The molecule has 6 heteroatoms. The van der Waals surface area contributed by atoms with Gasteiger partial charge in [0.25, 0.3) is 0 Å². The summed E-state index contributed by atoms with van der Waals surface area (Å²) in [6, 6.07) is 4.96. The molecule has 3 N–H and O–H groups in total. The predicted octanol–water partition coefficient (Wildman–Crippen LogP) is -0.0302. The van der Waals surface area contributed by atoms with Gasteiger partial charge in [0.15, 0.2) is 0 Å². The van der Waals surface area contributed by atoms with E-state index in [0.717, 1.165) is 6.42 Å². The average molecular weight is 248 g/mol. The van der Waals surface area contributed by atoms with Crippen LogP contribution in [0.5, 0.6) is 0 Å². The van der Waals surface area contributed by atoms with Gasteiger partial charge in [-0.15, -0.1) is 0 Å². The lowest BCUT2D eigenvalue weighted by Crippen LogP contribution is -2.45. The Morgan fingerprint density at radius 2 is 2.33 bits per heavy atom. The molecule has 1 atom stereocenters. The van der Waals surface area contributed by atoms with Crippen molar-refractivity contribution >= 4 is 17.6 Å². The highest BCUT2D eigenvalue weighted by Crippen LogP contribution is 2.16. The highest BCUT2D eigenvalue weighted by atomic mass is 16.2. The van der Waals surface area contributed by atoms with Crippen LogP contribution in [0.25, 0.3) is 0 Å². The maximum atomic E-state index is 12.0. The summed E-state index contributed by atoms with van der Waals surface area (Å²) in [4.78, 5) is 28.7. The molecule has 0 spiro atoms. The molecule has 2 rings (SSSR count). The zero-order valence-corrected chi connectivity index (χ0v) is 10.0. The second-order valence-electron chi connectivity index (χ2n) is 4.22. The molecule has 1 aromatic rings. The molecule has 6 nitrogen and oxygen atoms in total. The molecular weight excluding hydrogens is 232 g/mol. The number of likely N-dealkylation sites (tertiary alicyclic amines) is 1. The third-order valence-corrected chi connectivity index (χ3v) is 2.99. The molecule has 96 valence electrons. The Balaban J connectivity index is 1.90. The molecule has 0 unspecified atom stereocenters. The van der Waals surface area contributed by atoms with E-state index in [1.54, 1.807) is 18.3 Å². The Labute approximate surface area is 105 Å². The molecule has 0 aliphatic carbocycles. The summed E-state index contributed by atoms with van der Waals surface area (Å²) in [7, 11) is 0. The maximum Gasteiger partial charge on any atom is 0.242 e. The first-order valence-corrected chi connectivity index (χ1v) is 5.92. The number of carbonyl (C=O) groups excluding carboxylic acids is 2. The Kier molecular flexibility index (Phi) is 3.76. The summed E-state index contributed by atoms with van der Waals surface area (Å²) in [6.45, 7) is 0.719. The lowest BCUT2D eigenvalue weighted by Gasteiger charge is -2.22. The first-order valence-electron chi connectivity index (χ1n) is 5.92. The number of pyridine rings is 1. The van der Waals surface area contributed by atoms with E-state index in [1.165, 1.54) is 4.90 Å². The molecule has 0 aromatic carbocycles. The topological polar surface area (TPSA) is 88.3 Å². The van der Waals surface area contributed by atoms with Crippen LogP contribution in [-0.4, -0.2) is 40.8 Å². The number of nitrogens with zero attached hydrogens (tertiary/aromatic N) is 2. The Morgan fingerprint density at radius 1 is 1.50 bits per heavy atom. The molecule has 1 aliphatic rings. The van der Waals surface area contributed by atoms with Gasteiger partial charge in [-0.05, 0) is 25.0 Å². The van der Waals surface area contributed by atoms with Crippen LogP contribution >= 0.6 is 0 Å². The molecule has 0 radical (unpaired) electrons. The van der Waals surface area contributed by atoms with Crippen LogP contribution in [0.3, 0.4) is 0 Å². The van der Waals surface area contributed by atoms with Crippen LogP contribution in [0.2, 0.25) is 0 Å². The van der Waals surface area contributed by atoms with Crippen molar-refractivity contribution in [3.63, 3.8) is 0 Å². The van der Waals surface area contributed by atoms with Crippen LogP contribution < -0.4 is 11.1 Å². The first-order chi connectivity index (χ1) is 8.68.